The quantitative estimate of drug-likeness (QED) is 0.596. The lowest BCUT2D eigenvalue weighted by Gasteiger charge is -2.07. The standard InChI is InChI=1S/C12H13N3O3/c13-5-8-2-1-3-9(4-8)11(16)7-15-6-10(14)12(17)18/h1-4,10,15H,6-7,14H2,(H,17,18). The highest BCUT2D eigenvalue weighted by Crippen LogP contribution is 2.04. The summed E-state index contributed by atoms with van der Waals surface area (Å²) < 4.78 is 0. The number of nitrogens with zero attached hydrogens (tertiary/aromatic N) is 1. The van der Waals surface area contributed by atoms with Crippen LogP contribution in [-0.4, -0.2) is 36.0 Å². The number of carboxylic acids is 1. The van der Waals surface area contributed by atoms with Gasteiger partial charge in [0.15, 0.2) is 5.78 Å². The Bertz CT molecular complexity index is 494. The molecule has 0 aromatic heterocycles. The van der Waals surface area contributed by atoms with Gasteiger partial charge in [0, 0.05) is 12.1 Å². The zero-order valence-electron chi connectivity index (χ0n) is 9.59. The van der Waals surface area contributed by atoms with Crippen LogP contribution in [0.15, 0.2) is 24.3 Å². The molecule has 0 bridgehead atoms. The minimum Gasteiger partial charge on any atom is -0.480 e. The third-order valence-corrected chi connectivity index (χ3v) is 2.28. The van der Waals surface area contributed by atoms with Crippen LogP contribution < -0.4 is 11.1 Å². The molecule has 0 amide bonds. The highest BCUT2D eigenvalue weighted by atomic mass is 16.4. The normalized spacial score (nSPS) is 11.6. The monoisotopic (exact) mass is 247 g/mol. The van der Waals surface area contributed by atoms with E-state index >= 15 is 0 Å². The molecule has 0 fully saturated rings. The van der Waals surface area contributed by atoms with E-state index < -0.39 is 12.0 Å². The third kappa shape index (κ3) is 3.97. The lowest BCUT2D eigenvalue weighted by Crippen LogP contribution is -2.41. The van der Waals surface area contributed by atoms with Crippen molar-refractivity contribution < 1.29 is 14.7 Å². The molecule has 4 N–H and O–H groups in total. The maximum atomic E-state index is 11.7. The predicted molar refractivity (Wildman–Crippen MR) is 64.0 cm³/mol. The molecule has 1 aromatic rings. The Morgan fingerprint density at radius 3 is 2.83 bits per heavy atom. The summed E-state index contributed by atoms with van der Waals surface area (Å²) in [4.78, 5) is 22.1. The number of carbonyl (C=O) groups excluding carboxylic acids is 1. The molecule has 0 heterocycles. The lowest BCUT2D eigenvalue weighted by molar-refractivity contribution is -0.138. The Morgan fingerprint density at radius 1 is 1.50 bits per heavy atom. The maximum absolute atomic E-state index is 11.7. The van der Waals surface area contributed by atoms with Gasteiger partial charge >= 0.3 is 5.97 Å². The Morgan fingerprint density at radius 2 is 2.22 bits per heavy atom. The number of carboxylic acid groups (broad SMARTS) is 1. The lowest BCUT2D eigenvalue weighted by atomic mass is 10.1. The Labute approximate surface area is 104 Å². The van der Waals surface area contributed by atoms with E-state index in [1.165, 1.54) is 6.07 Å². The summed E-state index contributed by atoms with van der Waals surface area (Å²) in [6, 6.07) is 7.21. The van der Waals surface area contributed by atoms with Crippen molar-refractivity contribution in [3.05, 3.63) is 35.4 Å². The van der Waals surface area contributed by atoms with Gasteiger partial charge < -0.3 is 16.2 Å². The van der Waals surface area contributed by atoms with Crippen LogP contribution in [0.3, 0.4) is 0 Å². The van der Waals surface area contributed by atoms with Crippen molar-refractivity contribution in [1.29, 1.82) is 5.26 Å². The van der Waals surface area contributed by atoms with E-state index in [1.807, 2.05) is 6.07 Å². The van der Waals surface area contributed by atoms with Gasteiger partial charge in [0.1, 0.15) is 6.04 Å². The van der Waals surface area contributed by atoms with Crippen LogP contribution in [0.2, 0.25) is 0 Å². The highest BCUT2D eigenvalue weighted by molar-refractivity contribution is 5.97. The molecule has 1 unspecified atom stereocenters. The van der Waals surface area contributed by atoms with Crippen LogP contribution >= 0.6 is 0 Å². The summed E-state index contributed by atoms with van der Waals surface area (Å²) in [5.74, 6) is -1.34. The topological polar surface area (TPSA) is 116 Å². The number of nitrogens with one attached hydrogen (secondary N) is 1. The van der Waals surface area contributed by atoms with Crippen LogP contribution in [0.25, 0.3) is 0 Å². The fourth-order valence-electron chi connectivity index (χ4n) is 1.29. The molecule has 0 saturated carbocycles. The van der Waals surface area contributed by atoms with Crippen molar-refractivity contribution in [3.63, 3.8) is 0 Å². The van der Waals surface area contributed by atoms with Crippen LogP contribution in [-0.2, 0) is 4.79 Å². The molecule has 6 heteroatoms. The van der Waals surface area contributed by atoms with Crippen molar-refractivity contribution >= 4 is 11.8 Å². The Hall–Kier alpha value is -2.23. The first kappa shape index (κ1) is 13.8. The fraction of sp³-hybridized carbons (Fsp3) is 0.250. The van der Waals surface area contributed by atoms with Gasteiger partial charge in [0.05, 0.1) is 18.2 Å². The van der Waals surface area contributed by atoms with Gasteiger partial charge in [-0.25, -0.2) is 0 Å². The summed E-state index contributed by atoms with van der Waals surface area (Å²) in [7, 11) is 0. The summed E-state index contributed by atoms with van der Waals surface area (Å²) >= 11 is 0. The first-order valence-corrected chi connectivity index (χ1v) is 5.27. The highest BCUT2D eigenvalue weighted by Gasteiger charge is 2.12. The molecule has 0 radical (unpaired) electrons. The molecule has 1 aromatic carbocycles. The Kier molecular flexibility index (Phi) is 4.99. The van der Waals surface area contributed by atoms with Crippen molar-refractivity contribution in [2.45, 2.75) is 6.04 Å². The number of hydrogen-bond acceptors (Lipinski definition) is 5. The second kappa shape index (κ2) is 6.49. The molecule has 0 aliphatic carbocycles. The van der Waals surface area contributed by atoms with E-state index in [2.05, 4.69) is 5.32 Å². The van der Waals surface area contributed by atoms with Gasteiger partial charge in [0.2, 0.25) is 0 Å². The fourth-order valence-corrected chi connectivity index (χ4v) is 1.29. The molecule has 0 saturated heterocycles. The SMILES string of the molecule is N#Cc1cccc(C(=O)CNCC(N)C(=O)O)c1. The van der Waals surface area contributed by atoms with Crippen molar-refractivity contribution in [2.75, 3.05) is 13.1 Å². The van der Waals surface area contributed by atoms with Gasteiger partial charge in [0.25, 0.3) is 0 Å². The van der Waals surface area contributed by atoms with Crippen LogP contribution in [0.5, 0.6) is 0 Å². The zero-order chi connectivity index (χ0) is 13.5. The largest absolute Gasteiger partial charge is 0.480 e. The number of benzene rings is 1. The number of carbonyl (C=O) groups is 2. The summed E-state index contributed by atoms with van der Waals surface area (Å²) in [6.45, 7) is -0.00508. The van der Waals surface area contributed by atoms with Gasteiger partial charge in [-0.15, -0.1) is 0 Å². The van der Waals surface area contributed by atoms with Crippen molar-refractivity contribution in [3.8, 4) is 6.07 Å². The van der Waals surface area contributed by atoms with E-state index in [-0.39, 0.29) is 18.9 Å². The summed E-state index contributed by atoms with van der Waals surface area (Å²) in [6.07, 6.45) is 0. The minimum atomic E-state index is -1.12. The zero-order valence-corrected chi connectivity index (χ0v) is 9.59. The Balaban J connectivity index is 2.51. The number of rotatable bonds is 6. The molecule has 1 rings (SSSR count). The predicted octanol–water partition coefficient (Wildman–Crippen LogP) is -0.258. The third-order valence-electron chi connectivity index (χ3n) is 2.28. The van der Waals surface area contributed by atoms with Gasteiger partial charge in [-0.1, -0.05) is 12.1 Å². The molecule has 1 atom stereocenters. The van der Waals surface area contributed by atoms with E-state index in [9.17, 15) is 9.59 Å². The molecule has 18 heavy (non-hydrogen) atoms. The smallest absolute Gasteiger partial charge is 0.321 e. The first-order chi connectivity index (χ1) is 8.54. The minimum absolute atomic E-state index is 0.0129. The number of nitrogens with two attached hydrogens (primary N) is 1. The average Bonchev–Trinajstić information content (AvgIpc) is 2.38. The molecule has 0 aliphatic heterocycles. The molecule has 0 spiro atoms. The number of nitriles is 1. The van der Waals surface area contributed by atoms with E-state index in [0.717, 1.165) is 0 Å². The van der Waals surface area contributed by atoms with Gasteiger partial charge in [-0.3, -0.25) is 9.59 Å². The van der Waals surface area contributed by atoms with Gasteiger partial charge in [-0.05, 0) is 12.1 Å². The molecular formula is C12H13N3O3. The maximum Gasteiger partial charge on any atom is 0.321 e. The average molecular weight is 247 g/mol. The molecule has 94 valence electrons. The molecule has 6 nitrogen and oxygen atoms in total. The van der Waals surface area contributed by atoms with Gasteiger partial charge in [-0.2, -0.15) is 5.26 Å². The van der Waals surface area contributed by atoms with Crippen molar-refractivity contribution in [2.24, 2.45) is 5.73 Å². The number of ketones is 1. The molecular weight excluding hydrogens is 234 g/mol. The molecule has 0 aliphatic rings. The number of hydrogen-bond donors (Lipinski definition) is 3. The van der Waals surface area contributed by atoms with E-state index in [0.29, 0.717) is 11.1 Å². The summed E-state index contributed by atoms with van der Waals surface area (Å²) in [5, 5.41) is 19.9. The van der Waals surface area contributed by atoms with Crippen LogP contribution in [0, 0.1) is 11.3 Å². The van der Waals surface area contributed by atoms with Crippen molar-refractivity contribution in [1.82, 2.24) is 5.32 Å². The van der Waals surface area contributed by atoms with Crippen LogP contribution in [0.1, 0.15) is 15.9 Å². The second-order valence-electron chi connectivity index (χ2n) is 3.69. The van der Waals surface area contributed by atoms with Crippen LogP contribution in [0.4, 0.5) is 0 Å². The van der Waals surface area contributed by atoms with E-state index in [4.69, 9.17) is 16.1 Å². The number of Topliss-reactive ketones (excluding diaryl/α,β-unsaturated/α-hetero) is 1. The number of aliphatic carboxylic acids is 1. The second-order valence-corrected chi connectivity index (χ2v) is 3.69. The summed E-state index contributed by atoms with van der Waals surface area (Å²) in [5.41, 5.74) is 6.08. The van der Waals surface area contributed by atoms with E-state index in [1.54, 1.807) is 18.2 Å². The first-order valence-electron chi connectivity index (χ1n) is 5.27.